The van der Waals surface area contributed by atoms with Crippen LogP contribution in [-0.4, -0.2) is 45.3 Å². The maximum atomic E-state index is 12.2. The summed E-state index contributed by atoms with van der Waals surface area (Å²) in [5, 5.41) is 6.16. The monoisotopic (exact) mass is 303 g/mol. The minimum atomic E-state index is -3.28. The largest absolute Gasteiger partial charge is 0.353 e. The Morgan fingerprint density at radius 2 is 2.05 bits per heavy atom. The van der Waals surface area contributed by atoms with Gasteiger partial charge in [-0.3, -0.25) is 4.79 Å². The number of hydrogen-bond acceptors (Lipinski definition) is 4. The number of sulfonamides is 1. The molecule has 1 saturated carbocycles. The zero-order chi connectivity index (χ0) is 15.0. The van der Waals surface area contributed by atoms with E-state index in [1.807, 2.05) is 0 Å². The van der Waals surface area contributed by atoms with Gasteiger partial charge in [0, 0.05) is 12.1 Å². The number of amides is 1. The maximum Gasteiger partial charge on any atom is 0.237 e. The lowest BCUT2D eigenvalue weighted by Gasteiger charge is -2.27. The van der Waals surface area contributed by atoms with E-state index < -0.39 is 15.6 Å². The van der Waals surface area contributed by atoms with Crippen LogP contribution in [0.1, 0.15) is 33.1 Å². The summed E-state index contributed by atoms with van der Waals surface area (Å²) in [7, 11) is -3.28. The van der Waals surface area contributed by atoms with Crippen LogP contribution in [-0.2, 0) is 14.8 Å². The summed E-state index contributed by atoms with van der Waals surface area (Å²) in [5.41, 5.74) is -0.684. The molecule has 3 unspecified atom stereocenters. The van der Waals surface area contributed by atoms with Gasteiger partial charge < -0.3 is 10.6 Å². The van der Waals surface area contributed by atoms with Gasteiger partial charge in [-0.15, -0.1) is 0 Å². The van der Waals surface area contributed by atoms with E-state index in [0.29, 0.717) is 11.8 Å². The van der Waals surface area contributed by atoms with E-state index in [0.717, 1.165) is 19.2 Å². The lowest BCUT2D eigenvalue weighted by atomic mass is 9.93. The van der Waals surface area contributed by atoms with Crippen molar-refractivity contribution in [1.82, 2.24) is 15.4 Å². The molecule has 20 heavy (non-hydrogen) atoms. The van der Waals surface area contributed by atoms with E-state index in [1.165, 1.54) is 12.8 Å². The van der Waals surface area contributed by atoms with E-state index in [-0.39, 0.29) is 18.5 Å². The van der Waals surface area contributed by atoms with E-state index in [4.69, 9.17) is 0 Å². The Hall–Kier alpha value is -0.660. The van der Waals surface area contributed by atoms with Gasteiger partial charge in [0.2, 0.25) is 15.9 Å². The smallest absolute Gasteiger partial charge is 0.237 e. The van der Waals surface area contributed by atoms with Gasteiger partial charge in [-0.05, 0) is 45.1 Å². The summed E-state index contributed by atoms with van der Waals surface area (Å²) in [5.74, 6) is 1.07. The lowest BCUT2D eigenvalue weighted by molar-refractivity contribution is -0.124. The summed E-state index contributed by atoms with van der Waals surface area (Å²) in [6.45, 7) is 4.73. The van der Waals surface area contributed by atoms with Crippen LogP contribution in [0.3, 0.4) is 0 Å². The number of nitrogens with one attached hydrogen (secondary N) is 3. The molecule has 3 atom stereocenters. The Morgan fingerprint density at radius 1 is 1.35 bits per heavy atom. The van der Waals surface area contributed by atoms with Crippen LogP contribution in [0.25, 0.3) is 0 Å². The Kier molecular flexibility index (Phi) is 4.41. The standard InChI is InChI=1S/C13H25N3O3S/c1-13(2,16-20(3,18)19)8-15-12(17)11-10-6-4-5-9(10)7-14-11/h9-11,14,16H,4-8H2,1-3H3,(H,15,17). The lowest BCUT2D eigenvalue weighted by Crippen LogP contribution is -2.54. The minimum absolute atomic E-state index is 0.0113. The normalized spacial score (nSPS) is 30.2. The number of rotatable bonds is 5. The Bertz CT molecular complexity index is 475. The van der Waals surface area contributed by atoms with Crippen molar-refractivity contribution < 1.29 is 13.2 Å². The first kappa shape index (κ1) is 15.7. The highest BCUT2D eigenvalue weighted by atomic mass is 32.2. The maximum absolute atomic E-state index is 12.2. The van der Waals surface area contributed by atoms with Crippen LogP contribution in [0.15, 0.2) is 0 Å². The molecule has 1 aliphatic carbocycles. The predicted molar refractivity (Wildman–Crippen MR) is 77.7 cm³/mol. The second-order valence-corrected chi connectivity index (χ2v) is 8.47. The molecule has 2 aliphatic rings. The minimum Gasteiger partial charge on any atom is -0.353 e. The molecule has 0 aromatic carbocycles. The first-order chi connectivity index (χ1) is 9.18. The number of hydrogen-bond donors (Lipinski definition) is 3. The van der Waals surface area contributed by atoms with Crippen molar-refractivity contribution in [3.8, 4) is 0 Å². The molecule has 0 spiro atoms. The summed E-state index contributed by atoms with van der Waals surface area (Å²) in [6.07, 6.45) is 4.66. The van der Waals surface area contributed by atoms with Crippen LogP contribution < -0.4 is 15.4 Å². The first-order valence-electron chi connectivity index (χ1n) is 7.18. The second-order valence-electron chi connectivity index (χ2n) is 6.72. The van der Waals surface area contributed by atoms with Crippen LogP contribution in [0.2, 0.25) is 0 Å². The molecule has 116 valence electrons. The number of fused-ring (bicyclic) bond motifs is 1. The molecule has 0 aromatic rings. The van der Waals surface area contributed by atoms with Crippen LogP contribution in [0, 0.1) is 11.8 Å². The van der Waals surface area contributed by atoms with Gasteiger partial charge >= 0.3 is 0 Å². The fraction of sp³-hybridized carbons (Fsp3) is 0.923. The Balaban J connectivity index is 1.86. The molecule has 6 nitrogen and oxygen atoms in total. The quantitative estimate of drug-likeness (QED) is 0.657. The zero-order valence-corrected chi connectivity index (χ0v) is 13.2. The summed E-state index contributed by atoms with van der Waals surface area (Å²) >= 11 is 0. The van der Waals surface area contributed by atoms with E-state index in [9.17, 15) is 13.2 Å². The van der Waals surface area contributed by atoms with Gasteiger partial charge in [0.1, 0.15) is 0 Å². The molecule has 2 rings (SSSR count). The molecule has 0 radical (unpaired) electrons. The fourth-order valence-electron chi connectivity index (χ4n) is 3.43. The predicted octanol–water partition coefficient (Wildman–Crippen LogP) is -0.181. The van der Waals surface area contributed by atoms with Crippen LogP contribution in [0.5, 0.6) is 0 Å². The molecule has 2 fully saturated rings. The average molecular weight is 303 g/mol. The van der Waals surface area contributed by atoms with E-state index in [1.54, 1.807) is 13.8 Å². The van der Waals surface area contributed by atoms with Gasteiger partial charge in [0.15, 0.2) is 0 Å². The third kappa shape index (κ3) is 3.93. The molecule has 1 heterocycles. The average Bonchev–Trinajstić information content (AvgIpc) is 2.83. The van der Waals surface area contributed by atoms with E-state index >= 15 is 0 Å². The third-order valence-corrected chi connectivity index (χ3v) is 5.12. The van der Waals surface area contributed by atoms with Crippen molar-refractivity contribution in [2.45, 2.75) is 44.7 Å². The van der Waals surface area contributed by atoms with Gasteiger partial charge in [0.05, 0.1) is 12.3 Å². The van der Waals surface area contributed by atoms with Crippen molar-refractivity contribution in [2.24, 2.45) is 11.8 Å². The van der Waals surface area contributed by atoms with Crippen molar-refractivity contribution in [1.29, 1.82) is 0 Å². The number of carbonyl (C=O) groups is 1. The Labute approximate surface area is 121 Å². The Morgan fingerprint density at radius 3 is 2.70 bits per heavy atom. The molecular formula is C13H25N3O3S. The van der Waals surface area contributed by atoms with Crippen molar-refractivity contribution in [3.63, 3.8) is 0 Å². The summed E-state index contributed by atoms with van der Waals surface area (Å²) < 4.78 is 25.0. The highest BCUT2D eigenvalue weighted by molar-refractivity contribution is 7.88. The fourth-order valence-corrected chi connectivity index (χ4v) is 4.51. The van der Waals surface area contributed by atoms with Crippen molar-refractivity contribution in [3.05, 3.63) is 0 Å². The highest BCUT2D eigenvalue weighted by Gasteiger charge is 2.42. The molecular weight excluding hydrogens is 278 g/mol. The van der Waals surface area contributed by atoms with Crippen LogP contribution >= 0.6 is 0 Å². The summed E-state index contributed by atoms with van der Waals surface area (Å²) in [4.78, 5) is 12.2. The van der Waals surface area contributed by atoms with E-state index in [2.05, 4.69) is 15.4 Å². The van der Waals surface area contributed by atoms with Crippen molar-refractivity contribution in [2.75, 3.05) is 19.3 Å². The second kappa shape index (κ2) is 5.61. The van der Waals surface area contributed by atoms with Gasteiger partial charge in [-0.2, -0.15) is 0 Å². The molecule has 1 aliphatic heterocycles. The van der Waals surface area contributed by atoms with Crippen molar-refractivity contribution >= 4 is 15.9 Å². The molecule has 0 bridgehead atoms. The van der Waals surface area contributed by atoms with Gasteiger partial charge in [-0.25, -0.2) is 13.1 Å². The molecule has 1 amide bonds. The van der Waals surface area contributed by atoms with Crippen LogP contribution in [0.4, 0.5) is 0 Å². The van der Waals surface area contributed by atoms with Gasteiger partial charge in [-0.1, -0.05) is 6.42 Å². The zero-order valence-electron chi connectivity index (χ0n) is 12.4. The third-order valence-electron chi connectivity index (χ3n) is 4.19. The molecule has 0 aromatic heterocycles. The number of carbonyl (C=O) groups excluding carboxylic acids is 1. The van der Waals surface area contributed by atoms with Gasteiger partial charge in [0.25, 0.3) is 0 Å². The first-order valence-corrected chi connectivity index (χ1v) is 9.07. The topological polar surface area (TPSA) is 87.3 Å². The molecule has 1 saturated heterocycles. The summed E-state index contributed by atoms with van der Waals surface area (Å²) in [6, 6.07) is -0.114. The molecule has 7 heteroatoms. The highest BCUT2D eigenvalue weighted by Crippen LogP contribution is 2.37. The molecule has 3 N–H and O–H groups in total. The SMILES string of the molecule is CC(C)(CNC(=O)C1NCC2CCCC21)NS(C)(=O)=O.